The summed E-state index contributed by atoms with van der Waals surface area (Å²) in [5, 5.41) is 15.4. The summed E-state index contributed by atoms with van der Waals surface area (Å²) in [7, 11) is 0. The van der Waals surface area contributed by atoms with Crippen LogP contribution in [-0.2, 0) is 11.3 Å². The number of carbonyl (C=O) groups excluding carboxylic acids is 2. The van der Waals surface area contributed by atoms with E-state index in [1.165, 1.54) is 0 Å². The molecule has 30 heavy (non-hydrogen) atoms. The number of fused-ring (bicyclic) bond motifs is 1. The molecule has 8 heteroatoms. The molecule has 1 aromatic carbocycles. The zero-order chi connectivity index (χ0) is 21.1. The lowest BCUT2D eigenvalue weighted by Gasteiger charge is -2.07. The third kappa shape index (κ3) is 3.92. The minimum absolute atomic E-state index is 0.316. The van der Waals surface area contributed by atoms with Gasteiger partial charge in [0, 0.05) is 12.7 Å². The first kappa shape index (κ1) is 19.4. The van der Waals surface area contributed by atoms with Gasteiger partial charge in [-0.1, -0.05) is 18.2 Å². The van der Waals surface area contributed by atoms with Crippen molar-refractivity contribution in [2.24, 2.45) is 0 Å². The van der Waals surface area contributed by atoms with E-state index in [9.17, 15) is 9.59 Å². The van der Waals surface area contributed by atoms with Crippen molar-refractivity contribution < 1.29 is 9.59 Å². The van der Waals surface area contributed by atoms with Crippen LogP contribution in [0, 0.1) is 18.3 Å². The van der Waals surface area contributed by atoms with Crippen LogP contribution in [0.25, 0.3) is 5.52 Å². The van der Waals surface area contributed by atoms with Crippen LogP contribution < -0.4 is 10.6 Å². The number of Topliss-reactive ketones (excluding diaryl/α,β-unsaturated/α-hetero) is 1. The molecule has 7 nitrogen and oxygen atoms in total. The second-order valence-corrected chi connectivity index (χ2v) is 7.48. The van der Waals surface area contributed by atoms with Crippen molar-refractivity contribution in [1.29, 1.82) is 5.26 Å². The molecule has 0 unspecified atom stereocenters. The average molecular weight is 415 g/mol. The molecule has 0 aliphatic rings. The number of nitrogens with zero attached hydrogens (tertiary/aromatic N) is 3. The second kappa shape index (κ2) is 8.19. The predicted molar refractivity (Wildman–Crippen MR) is 116 cm³/mol. The number of nitrogens with one attached hydrogen (secondary N) is 2. The van der Waals surface area contributed by atoms with Crippen LogP contribution in [0.15, 0.2) is 60.8 Å². The summed E-state index contributed by atoms with van der Waals surface area (Å²) in [6, 6.07) is 18.2. The Balaban J connectivity index is 1.57. The first-order valence-corrected chi connectivity index (χ1v) is 9.94. The largest absolute Gasteiger partial charge is 0.367 e. The lowest BCUT2D eigenvalue weighted by Crippen LogP contribution is -2.22. The molecule has 3 heterocycles. The van der Waals surface area contributed by atoms with Crippen molar-refractivity contribution >= 4 is 39.6 Å². The molecule has 0 atom stereocenters. The average Bonchev–Trinajstić information content (AvgIpc) is 3.35. The Morgan fingerprint density at radius 1 is 1.17 bits per heavy atom. The smallest absolute Gasteiger partial charge is 0.297 e. The highest BCUT2D eigenvalue weighted by molar-refractivity contribution is 7.10. The van der Waals surface area contributed by atoms with Crippen molar-refractivity contribution in [2.75, 3.05) is 10.6 Å². The molecular formula is C22H17N5O2S. The minimum atomic E-state index is -0.700. The Morgan fingerprint density at radius 2 is 1.97 bits per heavy atom. The van der Waals surface area contributed by atoms with E-state index < -0.39 is 11.7 Å². The highest BCUT2D eigenvalue weighted by Crippen LogP contribution is 2.23. The Kier molecular flexibility index (Phi) is 5.28. The van der Waals surface area contributed by atoms with Crippen molar-refractivity contribution in [3.63, 3.8) is 0 Å². The van der Waals surface area contributed by atoms with Gasteiger partial charge in [0.05, 0.1) is 28.4 Å². The van der Waals surface area contributed by atoms with E-state index in [0.717, 1.165) is 22.8 Å². The van der Waals surface area contributed by atoms with Gasteiger partial charge < -0.3 is 15.0 Å². The molecular weight excluding hydrogens is 398 g/mol. The Hall–Kier alpha value is -3.96. The summed E-state index contributed by atoms with van der Waals surface area (Å²) < 4.78 is 5.94. The van der Waals surface area contributed by atoms with Crippen LogP contribution in [0.1, 0.15) is 27.2 Å². The first-order chi connectivity index (χ1) is 14.5. The number of hydrogen-bond donors (Lipinski definition) is 2. The fourth-order valence-corrected chi connectivity index (χ4v) is 3.73. The maximum absolute atomic E-state index is 12.8. The van der Waals surface area contributed by atoms with Gasteiger partial charge in [-0.25, -0.2) is 0 Å². The number of aromatic nitrogens is 2. The van der Waals surface area contributed by atoms with Crippen LogP contribution in [0.5, 0.6) is 0 Å². The predicted octanol–water partition coefficient (Wildman–Crippen LogP) is 4.01. The molecule has 0 fully saturated rings. The number of nitriles is 1. The molecule has 0 saturated heterocycles. The van der Waals surface area contributed by atoms with Crippen molar-refractivity contribution in [3.05, 3.63) is 83.2 Å². The number of amides is 1. The lowest BCUT2D eigenvalue weighted by molar-refractivity contribution is -0.112. The fraction of sp³-hybridized carbons (Fsp3) is 0.0909. The van der Waals surface area contributed by atoms with E-state index in [4.69, 9.17) is 5.26 Å². The monoisotopic (exact) mass is 415 g/mol. The van der Waals surface area contributed by atoms with Crippen LogP contribution in [0.2, 0.25) is 0 Å². The number of hydrogen-bond acceptors (Lipinski definition) is 6. The molecule has 0 aliphatic carbocycles. The Morgan fingerprint density at radius 3 is 2.67 bits per heavy atom. The van der Waals surface area contributed by atoms with Crippen molar-refractivity contribution in [1.82, 2.24) is 8.77 Å². The number of anilines is 2. The molecule has 0 saturated carbocycles. The highest BCUT2D eigenvalue weighted by atomic mass is 32.1. The van der Waals surface area contributed by atoms with E-state index >= 15 is 0 Å². The van der Waals surface area contributed by atoms with Crippen LogP contribution in [0.3, 0.4) is 0 Å². The Bertz CT molecular complexity index is 1280. The highest BCUT2D eigenvalue weighted by Gasteiger charge is 2.22. The normalized spacial score (nSPS) is 10.5. The minimum Gasteiger partial charge on any atom is -0.367 e. The number of benzene rings is 1. The third-order valence-corrected chi connectivity index (χ3v) is 5.34. The maximum Gasteiger partial charge on any atom is 0.297 e. The molecule has 1 amide bonds. The quantitative estimate of drug-likeness (QED) is 0.366. The molecule has 4 aromatic rings. The summed E-state index contributed by atoms with van der Waals surface area (Å²) in [6.45, 7) is 2.33. The summed E-state index contributed by atoms with van der Waals surface area (Å²) in [4.78, 5) is 25.3. The van der Waals surface area contributed by atoms with Gasteiger partial charge in [-0.3, -0.25) is 9.59 Å². The van der Waals surface area contributed by atoms with Crippen molar-refractivity contribution in [3.8, 4) is 6.07 Å². The van der Waals surface area contributed by atoms with Gasteiger partial charge in [0.1, 0.15) is 10.8 Å². The topological polar surface area (TPSA) is 99.3 Å². The number of ketones is 1. The number of rotatable bonds is 6. The van der Waals surface area contributed by atoms with E-state index in [1.807, 2.05) is 41.8 Å². The SMILES string of the molecule is Cc1cc(NC(=O)C(=O)c2cc(NCc3ccc(C#N)cc3)n3ccccc23)sn1. The summed E-state index contributed by atoms with van der Waals surface area (Å²) >= 11 is 1.14. The van der Waals surface area contributed by atoms with Crippen LogP contribution in [0.4, 0.5) is 10.8 Å². The maximum atomic E-state index is 12.8. The summed E-state index contributed by atoms with van der Waals surface area (Å²) in [6.07, 6.45) is 1.83. The van der Waals surface area contributed by atoms with E-state index in [1.54, 1.807) is 30.3 Å². The number of aryl methyl sites for hydroxylation is 1. The molecule has 2 N–H and O–H groups in total. The van der Waals surface area contributed by atoms with E-state index in [0.29, 0.717) is 34.0 Å². The van der Waals surface area contributed by atoms with Crippen LogP contribution in [-0.4, -0.2) is 20.5 Å². The van der Waals surface area contributed by atoms with Crippen molar-refractivity contribution in [2.45, 2.75) is 13.5 Å². The lowest BCUT2D eigenvalue weighted by atomic mass is 10.1. The molecule has 148 valence electrons. The van der Waals surface area contributed by atoms with Gasteiger partial charge in [-0.15, -0.1) is 0 Å². The van der Waals surface area contributed by atoms with Gasteiger partial charge >= 0.3 is 0 Å². The molecule has 0 spiro atoms. The number of pyridine rings is 1. The molecule has 3 aromatic heterocycles. The zero-order valence-corrected chi connectivity index (χ0v) is 16.9. The molecule has 0 bridgehead atoms. The fourth-order valence-electron chi connectivity index (χ4n) is 3.07. The first-order valence-electron chi connectivity index (χ1n) is 9.17. The summed E-state index contributed by atoms with van der Waals surface area (Å²) in [5.41, 5.74) is 3.33. The van der Waals surface area contributed by atoms with Gasteiger partial charge in [-0.2, -0.15) is 9.64 Å². The summed E-state index contributed by atoms with van der Waals surface area (Å²) in [5.74, 6) is -0.621. The van der Waals surface area contributed by atoms with E-state index in [2.05, 4.69) is 21.1 Å². The van der Waals surface area contributed by atoms with Crippen LogP contribution >= 0.6 is 11.5 Å². The molecule has 4 rings (SSSR count). The third-order valence-electron chi connectivity index (χ3n) is 4.55. The second-order valence-electron chi connectivity index (χ2n) is 6.68. The van der Waals surface area contributed by atoms with Gasteiger partial charge in [0.25, 0.3) is 11.7 Å². The van der Waals surface area contributed by atoms with E-state index in [-0.39, 0.29) is 0 Å². The molecule has 0 aliphatic heterocycles. The molecule has 0 radical (unpaired) electrons. The standard InChI is InChI=1S/C22H17N5O2S/c1-14-10-20(30-26-14)25-22(29)21(28)17-11-19(27-9-3-2-4-18(17)27)24-13-16-7-5-15(12-23)6-8-16/h2-11,24H,13H2,1H3,(H,25,29). The number of carbonyl (C=O) groups is 2. The van der Waals surface area contributed by atoms with Gasteiger partial charge in [-0.05, 0) is 60.4 Å². The zero-order valence-electron chi connectivity index (χ0n) is 16.0. The van der Waals surface area contributed by atoms with Gasteiger partial charge in [0.15, 0.2) is 0 Å². The van der Waals surface area contributed by atoms with Gasteiger partial charge in [0.2, 0.25) is 0 Å². The Labute approximate surface area is 176 Å².